The van der Waals surface area contributed by atoms with Gasteiger partial charge in [0.2, 0.25) is 0 Å². The predicted molar refractivity (Wildman–Crippen MR) is 81.5 cm³/mol. The molecular weight excluding hydrogens is 276 g/mol. The number of rotatable bonds is 4. The molecule has 2 N–H and O–H groups in total. The molecule has 0 aromatic heterocycles. The van der Waals surface area contributed by atoms with Crippen LogP contribution in [0.15, 0.2) is 12.1 Å². The number of halogens is 1. The van der Waals surface area contributed by atoms with Gasteiger partial charge in [0, 0.05) is 7.11 Å². The zero-order chi connectivity index (χ0) is 14.8. The number of urea groups is 1. The van der Waals surface area contributed by atoms with E-state index in [-0.39, 0.29) is 11.6 Å². The molecule has 0 spiro atoms. The number of ether oxygens (including phenoxy) is 1. The maximum absolute atomic E-state index is 12.2. The van der Waals surface area contributed by atoms with Crippen molar-refractivity contribution < 1.29 is 9.53 Å². The first-order valence-corrected chi connectivity index (χ1v) is 7.19. The number of methoxy groups -OCH3 is 1. The van der Waals surface area contributed by atoms with Crippen LogP contribution in [0, 0.1) is 13.8 Å². The van der Waals surface area contributed by atoms with Crippen molar-refractivity contribution in [1.82, 2.24) is 5.32 Å². The van der Waals surface area contributed by atoms with Gasteiger partial charge in [0.25, 0.3) is 0 Å². The van der Waals surface area contributed by atoms with Crippen molar-refractivity contribution in [3.05, 3.63) is 28.3 Å². The number of anilines is 1. The van der Waals surface area contributed by atoms with Crippen LogP contribution < -0.4 is 10.6 Å². The van der Waals surface area contributed by atoms with Crippen LogP contribution in [0.2, 0.25) is 5.02 Å². The molecule has 110 valence electrons. The van der Waals surface area contributed by atoms with Crippen molar-refractivity contribution in [2.75, 3.05) is 19.0 Å². The number of carbonyl (C=O) groups is 1. The molecule has 0 bridgehead atoms. The van der Waals surface area contributed by atoms with Gasteiger partial charge in [-0.2, -0.15) is 0 Å². The zero-order valence-corrected chi connectivity index (χ0v) is 12.9. The average Bonchev–Trinajstić information content (AvgIpc) is 2.37. The fourth-order valence-electron chi connectivity index (χ4n) is 2.51. The van der Waals surface area contributed by atoms with Crippen molar-refractivity contribution in [1.29, 1.82) is 0 Å². The highest BCUT2D eigenvalue weighted by Crippen LogP contribution is 2.33. The quantitative estimate of drug-likeness (QED) is 0.891. The van der Waals surface area contributed by atoms with Crippen LogP contribution in [0.1, 0.15) is 30.4 Å². The number of hydrogen-bond acceptors (Lipinski definition) is 2. The van der Waals surface area contributed by atoms with Crippen molar-refractivity contribution in [2.45, 2.75) is 38.6 Å². The van der Waals surface area contributed by atoms with Crippen LogP contribution >= 0.6 is 11.6 Å². The Morgan fingerprint density at radius 2 is 2.10 bits per heavy atom. The summed E-state index contributed by atoms with van der Waals surface area (Å²) in [5.41, 5.74) is 2.54. The molecule has 2 amide bonds. The Labute approximate surface area is 124 Å². The number of amides is 2. The summed E-state index contributed by atoms with van der Waals surface area (Å²) in [4.78, 5) is 12.2. The minimum absolute atomic E-state index is 0.219. The molecule has 4 nitrogen and oxygen atoms in total. The van der Waals surface area contributed by atoms with Crippen LogP contribution in [-0.4, -0.2) is 25.3 Å². The Morgan fingerprint density at radius 1 is 1.40 bits per heavy atom. The van der Waals surface area contributed by atoms with Crippen LogP contribution in [0.5, 0.6) is 0 Å². The molecule has 1 aromatic carbocycles. The minimum atomic E-state index is -0.225. The highest BCUT2D eigenvalue weighted by Gasteiger charge is 2.38. The smallest absolute Gasteiger partial charge is 0.319 e. The Morgan fingerprint density at radius 3 is 2.65 bits per heavy atom. The van der Waals surface area contributed by atoms with E-state index in [9.17, 15) is 4.79 Å². The van der Waals surface area contributed by atoms with Crippen LogP contribution in [0.4, 0.5) is 10.5 Å². The Hall–Kier alpha value is -1.26. The summed E-state index contributed by atoms with van der Waals surface area (Å²) in [6.45, 7) is 4.49. The van der Waals surface area contributed by atoms with Crippen molar-refractivity contribution in [3.63, 3.8) is 0 Å². The highest BCUT2D eigenvalue weighted by atomic mass is 35.5. The average molecular weight is 297 g/mol. The molecule has 0 saturated heterocycles. The Kier molecular flexibility index (Phi) is 4.55. The largest absolute Gasteiger partial charge is 0.382 e. The van der Waals surface area contributed by atoms with Gasteiger partial charge in [-0.25, -0.2) is 4.79 Å². The molecule has 1 aliphatic carbocycles. The predicted octanol–water partition coefficient (Wildman–Crippen LogP) is 3.65. The van der Waals surface area contributed by atoms with Crippen LogP contribution in [-0.2, 0) is 4.74 Å². The SMILES string of the molecule is COCC1(NC(=O)Nc2c(Cl)ccc(C)c2C)CCC1. The minimum Gasteiger partial charge on any atom is -0.382 e. The molecule has 1 fully saturated rings. The number of aryl methyl sites for hydroxylation is 1. The fraction of sp³-hybridized carbons (Fsp3) is 0.533. The first-order valence-electron chi connectivity index (χ1n) is 6.81. The normalized spacial score (nSPS) is 16.4. The van der Waals surface area contributed by atoms with Gasteiger partial charge in [-0.15, -0.1) is 0 Å². The number of benzene rings is 1. The van der Waals surface area contributed by atoms with E-state index in [1.807, 2.05) is 19.9 Å². The summed E-state index contributed by atoms with van der Waals surface area (Å²) in [5.74, 6) is 0. The maximum atomic E-state index is 12.2. The molecule has 5 heteroatoms. The number of carbonyl (C=O) groups excluding carboxylic acids is 1. The van der Waals surface area contributed by atoms with Crippen LogP contribution in [0.25, 0.3) is 0 Å². The summed E-state index contributed by atoms with van der Waals surface area (Å²) >= 11 is 6.16. The van der Waals surface area contributed by atoms with E-state index in [1.54, 1.807) is 13.2 Å². The molecule has 0 radical (unpaired) electrons. The van der Waals surface area contributed by atoms with E-state index < -0.39 is 0 Å². The molecule has 0 unspecified atom stereocenters. The van der Waals surface area contributed by atoms with Gasteiger partial charge in [0.15, 0.2) is 0 Å². The summed E-state index contributed by atoms with van der Waals surface area (Å²) < 4.78 is 5.20. The second-order valence-electron chi connectivity index (χ2n) is 5.51. The van der Waals surface area contributed by atoms with E-state index >= 15 is 0 Å². The third kappa shape index (κ3) is 3.07. The van der Waals surface area contributed by atoms with E-state index in [1.165, 1.54) is 0 Å². The molecule has 1 saturated carbocycles. The summed E-state index contributed by atoms with van der Waals surface area (Å²) in [5, 5.41) is 6.44. The summed E-state index contributed by atoms with van der Waals surface area (Å²) in [6.07, 6.45) is 3.03. The van der Waals surface area contributed by atoms with E-state index in [2.05, 4.69) is 10.6 Å². The van der Waals surface area contributed by atoms with Gasteiger partial charge < -0.3 is 15.4 Å². The van der Waals surface area contributed by atoms with Crippen molar-refractivity contribution in [3.8, 4) is 0 Å². The van der Waals surface area contributed by atoms with Gasteiger partial charge in [0.1, 0.15) is 0 Å². The molecule has 1 aromatic rings. The topological polar surface area (TPSA) is 50.4 Å². The summed E-state index contributed by atoms with van der Waals surface area (Å²) in [7, 11) is 1.65. The monoisotopic (exact) mass is 296 g/mol. The number of nitrogens with one attached hydrogen (secondary N) is 2. The van der Waals surface area contributed by atoms with E-state index in [4.69, 9.17) is 16.3 Å². The Balaban J connectivity index is 2.07. The Bertz CT molecular complexity index is 513. The molecule has 1 aliphatic rings. The molecular formula is C15H21ClN2O2. The molecule has 2 rings (SSSR count). The van der Waals surface area contributed by atoms with E-state index in [0.29, 0.717) is 17.3 Å². The number of hydrogen-bond donors (Lipinski definition) is 2. The first kappa shape index (κ1) is 15.1. The first-order chi connectivity index (χ1) is 9.47. The lowest BCUT2D eigenvalue weighted by Crippen LogP contribution is -2.57. The molecule has 0 aliphatic heterocycles. The lowest BCUT2D eigenvalue weighted by atomic mass is 9.77. The molecule has 0 atom stereocenters. The lowest BCUT2D eigenvalue weighted by Gasteiger charge is -2.41. The van der Waals surface area contributed by atoms with Gasteiger partial charge in [-0.05, 0) is 50.3 Å². The lowest BCUT2D eigenvalue weighted by molar-refractivity contribution is 0.0648. The van der Waals surface area contributed by atoms with Gasteiger partial charge in [-0.3, -0.25) is 0 Å². The van der Waals surface area contributed by atoms with Crippen molar-refractivity contribution in [2.24, 2.45) is 0 Å². The van der Waals surface area contributed by atoms with E-state index in [0.717, 1.165) is 30.4 Å². The standard InChI is InChI=1S/C15H21ClN2O2/c1-10-5-6-12(16)13(11(10)2)17-14(19)18-15(9-20-3)7-4-8-15/h5-6H,4,7-9H2,1-3H3,(H2,17,18,19). The van der Waals surface area contributed by atoms with Crippen molar-refractivity contribution >= 4 is 23.3 Å². The van der Waals surface area contributed by atoms with Gasteiger partial charge in [0.05, 0.1) is 22.9 Å². The van der Waals surface area contributed by atoms with Gasteiger partial charge >= 0.3 is 6.03 Å². The summed E-state index contributed by atoms with van der Waals surface area (Å²) in [6, 6.07) is 3.52. The van der Waals surface area contributed by atoms with Gasteiger partial charge in [-0.1, -0.05) is 17.7 Å². The fourth-order valence-corrected chi connectivity index (χ4v) is 2.76. The van der Waals surface area contributed by atoms with Crippen LogP contribution in [0.3, 0.4) is 0 Å². The second kappa shape index (κ2) is 6.02. The molecule has 20 heavy (non-hydrogen) atoms. The third-order valence-electron chi connectivity index (χ3n) is 4.03. The highest BCUT2D eigenvalue weighted by molar-refractivity contribution is 6.34. The second-order valence-corrected chi connectivity index (χ2v) is 5.92. The maximum Gasteiger partial charge on any atom is 0.319 e. The molecule has 0 heterocycles. The third-order valence-corrected chi connectivity index (χ3v) is 4.35. The zero-order valence-electron chi connectivity index (χ0n) is 12.2.